The summed E-state index contributed by atoms with van der Waals surface area (Å²) in [7, 11) is 3.18. The van der Waals surface area contributed by atoms with Gasteiger partial charge in [0, 0.05) is 20.2 Å². The average molecular weight is 272 g/mol. The summed E-state index contributed by atoms with van der Waals surface area (Å²) in [6.45, 7) is 8.03. The first-order chi connectivity index (χ1) is 9.14. The van der Waals surface area contributed by atoms with Gasteiger partial charge in [-0.25, -0.2) is 4.79 Å². The lowest BCUT2D eigenvalue weighted by molar-refractivity contribution is -0.150. The molecule has 1 unspecified atom stereocenters. The second-order valence-corrected chi connectivity index (χ2v) is 5.13. The molecule has 0 heterocycles. The number of esters is 1. The Morgan fingerprint density at radius 2 is 2.05 bits per heavy atom. The van der Waals surface area contributed by atoms with Gasteiger partial charge in [-0.05, 0) is 31.8 Å². The number of ether oxygens (including phenoxy) is 2. The van der Waals surface area contributed by atoms with Crippen LogP contribution in [0.1, 0.15) is 26.7 Å². The van der Waals surface area contributed by atoms with E-state index in [9.17, 15) is 4.79 Å². The lowest BCUT2D eigenvalue weighted by Gasteiger charge is -2.36. The number of likely N-dealkylation sites (N-methyl/N-ethyl adjacent to an activating group) is 2. The van der Waals surface area contributed by atoms with Gasteiger partial charge in [0.1, 0.15) is 5.54 Å². The van der Waals surface area contributed by atoms with Crippen LogP contribution < -0.4 is 5.32 Å². The second kappa shape index (κ2) is 7.82. The van der Waals surface area contributed by atoms with Gasteiger partial charge in [-0.3, -0.25) is 4.90 Å². The van der Waals surface area contributed by atoms with Gasteiger partial charge < -0.3 is 14.8 Å². The van der Waals surface area contributed by atoms with Crippen LogP contribution in [0.15, 0.2) is 0 Å². The van der Waals surface area contributed by atoms with E-state index in [4.69, 9.17) is 9.47 Å². The Bertz CT molecular complexity index is 282. The highest BCUT2D eigenvalue weighted by Gasteiger charge is 2.52. The van der Waals surface area contributed by atoms with Gasteiger partial charge >= 0.3 is 5.97 Å². The molecule has 1 rings (SSSR count). The van der Waals surface area contributed by atoms with E-state index in [0.717, 1.165) is 32.5 Å². The van der Waals surface area contributed by atoms with Crippen molar-refractivity contribution in [2.45, 2.75) is 32.2 Å². The van der Waals surface area contributed by atoms with Crippen molar-refractivity contribution in [1.82, 2.24) is 10.2 Å². The van der Waals surface area contributed by atoms with E-state index in [1.54, 1.807) is 7.11 Å². The lowest BCUT2D eigenvalue weighted by atomic mass is 9.92. The number of hydrogen-bond donors (Lipinski definition) is 1. The van der Waals surface area contributed by atoms with Crippen molar-refractivity contribution >= 4 is 5.97 Å². The van der Waals surface area contributed by atoms with E-state index in [-0.39, 0.29) is 5.97 Å². The highest BCUT2D eigenvalue weighted by molar-refractivity contribution is 5.82. The van der Waals surface area contributed by atoms with Crippen molar-refractivity contribution in [1.29, 1.82) is 0 Å². The maximum absolute atomic E-state index is 12.3. The molecule has 0 bridgehead atoms. The summed E-state index contributed by atoms with van der Waals surface area (Å²) in [5.74, 6) is 0.268. The summed E-state index contributed by atoms with van der Waals surface area (Å²) in [5, 5.41) is 3.39. The monoisotopic (exact) mass is 272 g/mol. The van der Waals surface area contributed by atoms with Crippen LogP contribution in [0, 0.1) is 5.92 Å². The van der Waals surface area contributed by atoms with Crippen molar-refractivity contribution in [2.24, 2.45) is 5.92 Å². The molecule has 0 aromatic heterocycles. The summed E-state index contributed by atoms with van der Waals surface area (Å²) in [6, 6.07) is 0. The van der Waals surface area contributed by atoms with Gasteiger partial charge in [-0.2, -0.15) is 0 Å². The van der Waals surface area contributed by atoms with E-state index in [1.807, 2.05) is 6.92 Å². The molecule has 0 radical (unpaired) electrons. The van der Waals surface area contributed by atoms with Crippen LogP contribution in [0.3, 0.4) is 0 Å². The number of methoxy groups -OCH3 is 2. The van der Waals surface area contributed by atoms with Gasteiger partial charge in [0.05, 0.1) is 13.7 Å². The molecule has 0 aromatic carbocycles. The van der Waals surface area contributed by atoms with Gasteiger partial charge in [0.2, 0.25) is 0 Å². The maximum Gasteiger partial charge on any atom is 0.327 e. The first-order valence-corrected chi connectivity index (χ1v) is 7.19. The van der Waals surface area contributed by atoms with Crippen LogP contribution in [0.5, 0.6) is 0 Å². The van der Waals surface area contributed by atoms with E-state index in [2.05, 4.69) is 17.1 Å². The Hall–Kier alpha value is -0.650. The zero-order chi connectivity index (χ0) is 14.3. The summed E-state index contributed by atoms with van der Waals surface area (Å²) in [4.78, 5) is 14.5. The Balaban J connectivity index is 2.78. The molecule has 0 spiro atoms. The molecular weight excluding hydrogens is 244 g/mol. The zero-order valence-electron chi connectivity index (χ0n) is 12.7. The van der Waals surface area contributed by atoms with E-state index in [0.29, 0.717) is 19.1 Å². The molecular formula is C14H28N2O3. The van der Waals surface area contributed by atoms with Crippen molar-refractivity contribution in [2.75, 3.05) is 47.0 Å². The Morgan fingerprint density at radius 1 is 1.37 bits per heavy atom. The molecule has 19 heavy (non-hydrogen) atoms. The van der Waals surface area contributed by atoms with Crippen LogP contribution in [0.4, 0.5) is 0 Å². The predicted octanol–water partition coefficient (Wildman–Crippen LogP) is 0.886. The minimum absolute atomic E-state index is 0.132. The van der Waals surface area contributed by atoms with Crippen LogP contribution in [0.2, 0.25) is 0 Å². The lowest BCUT2D eigenvalue weighted by Crippen LogP contribution is -2.61. The van der Waals surface area contributed by atoms with Gasteiger partial charge in [-0.1, -0.05) is 13.8 Å². The van der Waals surface area contributed by atoms with Crippen molar-refractivity contribution in [3.05, 3.63) is 0 Å². The van der Waals surface area contributed by atoms with Crippen molar-refractivity contribution in [3.8, 4) is 0 Å². The molecule has 1 aliphatic carbocycles. The topological polar surface area (TPSA) is 50.8 Å². The summed E-state index contributed by atoms with van der Waals surface area (Å²) >= 11 is 0. The molecule has 1 N–H and O–H groups in total. The Kier molecular flexibility index (Phi) is 6.75. The second-order valence-electron chi connectivity index (χ2n) is 5.13. The normalized spacial score (nSPS) is 18.4. The molecule has 0 saturated heterocycles. The summed E-state index contributed by atoms with van der Waals surface area (Å²) in [5.41, 5.74) is -0.548. The minimum atomic E-state index is -0.548. The number of rotatable bonds is 10. The van der Waals surface area contributed by atoms with Crippen molar-refractivity contribution in [3.63, 3.8) is 0 Å². The van der Waals surface area contributed by atoms with Crippen molar-refractivity contribution < 1.29 is 14.3 Å². The molecule has 5 nitrogen and oxygen atoms in total. The molecule has 1 fully saturated rings. The van der Waals surface area contributed by atoms with Gasteiger partial charge in [-0.15, -0.1) is 0 Å². The third-order valence-electron chi connectivity index (χ3n) is 3.85. The molecule has 1 aliphatic rings. The smallest absolute Gasteiger partial charge is 0.327 e. The zero-order valence-corrected chi connectivity index (χ0v) is 12.7. The van der Waals surface area contributed by atoms with E-state index < -0.39 is 5.54 Å². The molecule has 0 amide bonds. The van der Waals surface area contributed by atoms with Crippen LogP contribution in [-0.4, -0.2) is 63.4 Å². The Labute approximate surface area is 116 Å². The summed E-state index contributed by atoms with van der Waals surface area (Å²) in [6.07, 6.45) is 2.20. The van der Waals surface area contributed by atoms with E-state index in [1.165, 1.54) is 7.11 Å². The average Bonchev–Trinajstić information content (AvgIpc) is 3.26. The Morgan fingerprint density at radius 3 is 2.47 bits per heavy atom. The molecule has 5 heteroatoms. The van der Waals surface area contributed by atoms with Crippen LogP contribution in [0.25, 0.3) is 0 Å². The molecule has 1 saturated carbocycles. The summed E-state index contributed by atoms with van der Waals surface area (Å²) < 4.78 is 10.2. The minimum Gasteiger partial charge on any atom is -0.468 e. The number of nitrogens with one attached hydrogen (secondary N) is 1. The fourth-order valence-electron chi connectivity index (χ4n) is 2.63. The largest absolute Gasteiger partial charge is 0.468 e. The van der Waals surface area contributed by atoms with Gasteiger partial charge in [0.15, 0.2) is 0 Å². The number of carbonyl (C=O) groups excluding carboxylic acids is 1. The SMILES string of the molecule is CCNC(CN(CC)CCOC)(C(=O)OC)C1CC1. The standard InChI is InChI=1S/C14H28N2O3/c1-5-15-14(12-7-8-12,13(17)19-4)11-16(6-2)9-10-18-3/h12,15H,5-11H2,1-4H3. The first-order valence-electron chi connectivity index (χ1n) is 7.19. The molecule has 112 valence electrons. The predicted molar refractivity (Wildman–Crippen MR) is 75.1 cm³/mol. The molecule has 1 atom stereocenters. The highest BCUT2D eigenvalue weighted by Crippen LogP contribution is 2.41. The first kappa shape index (κ1) is 16.4. The molecule has 0 aromatic rings. The number of nitrogens with zero attached hydrogens (tertiary/aromatic N) is 1. The molecule has 0 aliphatic heterocycles. The van der Waals surface area contributed by atoms with E-state index >= 15 is 0 Å². The fourth-order valence-corrected chi connectivity index (χ4v) is 2.63. The third kappa shape index (κ3) is 4.16. The quantitative estimate of drug-likeness (QED) is 0.599. The highest BCUT2D eigenvalue weighted by atomic mass is 16.5. The third-order valence-corrected chi connectivity index (χ3v) is 3.85. The number of carbonyl (C=O) groups is 1. The van der Waals surface area contributed by atoms with Crippen LogP contribution in [-0.2, 0) is 14.3 Å². The fraction of sp³-hybridized carbons (Fsp3) is 0.929. The van der Waals surface area contributed by atoms with Gasteiger partial charge in [0.25, 0.3) is 0 Å². The van der Waals surface area contributed by atoms with Crippen LogP contribution >= 0.6 is 0 Å². The maximum atomic E-state index is 12.3. The number of hydrogen-bond acceptors (Lipinski definition) is 5.